The van der Waals surface area contributed by atoms with Crippen molar-refractivity contribution in [3.63, 3.8) is 0 Å². The van der Waals surface area contributed by atoms with Crippen molar-refractivity contribution in [2.45, 2.75) is 4.90 Å². The first-order valence-electron chi connectivity index (χ1n) is 3.73. The highest BCUT2D eigenvalue weighted by molar-refractivity contribution is 9.10. The summed E-state index contributed by atoms with van der Waals surface area (Å²) in [6.45, 7) is 0. The second-order valence-corrected chi connectivity index (χ2v) is 5.20. The highest BCUT2D eigenvalue weighted by Crippen LogP contribution is 2.39. The zero-order valence-electron chi connectivity index (χ0n) is 7.00. The first kappa shape index (κ1) is 9.37. The quantitative estimate of drug-likeness (QED) is 0.629. The van der Waals surface area contributed by atoms with Gasteiger partial charge in [0.15, 0.2) is 0 Å². The molecule has 4 heteroatoms. The Hall–Kier alpha value is -0.190. The molecule has 0 bridgehead atoms. The number of nitrogen functional groups attached to an aromatic ring is 1. The number of thiophene rings is 1. The monoisotopic (exact) mass is 273 g/mol. The molecular formula is C9H8BrNS2. The van der Waals surface area contributed by atoms with Crippen LogP contribution in [0.5, 0.6) is 0 Å². The van der Waals surface area contributed by atoms with E-state index in [0.29, 0.717) is 0 Å². The van der Waals surface area contributed by atoms with Gasteiger partial charge in [-0.25, -0.2) is 0 Å². The predicted octanol–water partition coefficient (Wildman–Crippen LogP) is 3.97. The summed E-state index contributed by atoms with van der Waals surface area (Å²) in [6, 6.07) is 4.26. The largest absolute Gasteiger partial charge is 0.397 e. The van der Waals surface area contributed by atoms with Gasteiger partial charge in [-0.05, 0) is 45.1 Å². The van der Waals surface area contributed by atoms with E-state index in [-0.39, 0.29) is 0 Å². The van der Waals surface area contributed by atoms with E-state index in [1.165, 1.54) is 15.0 Å². The second-order valence-electron chi connectivity index (χ2n) is 2.65. The highest BCUT2D eigenvalue weighted by Gasteiger charge is 2.08. The summed E-state index contributed by atoms with van der Waals surface area (Å²) in [5.41, 5.74) is 6.85. The van der Waals surface area contributed by atoms with Crippen LogP contribution < -0.4 is 5.73 Å². The summed E-state index contributed by atoms with van der Waals surface area (Å²) in [5.74, 6) is 0. The van der Waals surface area contributed by atoms with Crippen molar-refractivity contribution in [1.82, 2.24) is 0 Å². The summed E-state index contributed by atoms with van der Waals surface area (Å²) in [7, 11) is 0. The van der Waals surface area contributed by atoms with Crippen molar-refractivity contribution >= 4 is 54.8 Å². The maximum absolute atomic E-state index is 5.99. The number of nitrogens with two attached hydrogens (primary N) is 1. The SMILES string of the molecule is CSc1cc2ccsc2c(N)c1Br. The number of hydrogen-bond acceptors (Lipinski definition) is 3. The molecule has 0 aliphatic carbocycles. The smallest absolute Gasteiger partial charge is 0.0651 e. The number of fused-ring (bicyclic) bond motifs is 1. The molecule has 0 saturated carbocycles. The molecule has 0 fully saturated rings. The molecule has 0 atom stereocenters. The molecule has 1 aromatic carbocycles. The van der Waals surface area contributed by atoms with Gasteiger partial charge in [-0.3, -0.25) is 0 Å². The molecule has 2 N–H and O–H groups in total. The zero-order valence-corrected chi connectivity index (χ0v) is 10.2. The average Bonchev–Trinajstić information content (AvgIpc) is 2.59. The molecule has 0 saturated heterocycles. The third kappa shape index (κ3) is 1.47. The molecule has 1 heterocycles. The molecule has 1 nitrogen and oxygen atoms in total. The summed E-state index contributed by atoms with van der Waals surface area (Å²) >= 11 is 6.90. The Kier molecular flexibility index (Phi) is 2.53. The van der Waals surface area contributed by atoms with Crippen LogP contribution >= 0.6 is 39.0 Å². The fourth-order valence-corrected chi connectivity index (χ4v) is 3.54. The number of halogens is 1. The van der Waals surface area contributed by atoms with Crippen molar-refractivity contribution in [3.8, 4) is 0 Å². The molecule has 0 radical (unpaired) electrons. The Balaban J connectivity index is 2.83. The Morgan fingerprint density at radius 3 is 3.00 bits per heavy atom. The standard InChI is InChI=1S/C9H8BrNS2/c1-12-6-4-5-2-3-13-9(5)8(11)7(6)10/h2-4H,11H2,1H3. The predicted molar refractivity (Wildman–Crippen MR) is 65.7 cm³/mol. The molecule has 0 unspecified atom stereocenters. The van der Waals surface area contributed by atoms with Crippen molar-refractivity contribution in [3.05, 3.63) is 22.0 Å². The molecule has 2 rings (SSSR count). The zero-order chi connectivity index (χ0) is 9.42. The maximum Gasteiger partial charge on any atom is 0.0651 e. The lowest BCUT2D eigenvalue weighted by molar-refractivity contribution is 1.46. The number of thioether (sulfide) groups is 1. The van der Waals surface area contributed by atoms with Gasteiger partial charge in [0, 0.05) is 4.90 Å². The summed E-state index contributed by atoms with van der Waals surface area (Å²) in [6.07, 6.45) is 2.05. The van der Waals surface area contributed by atoms with Crippen molar-refractivity contribution in [1.29, 1.82) is 0 Å². The fraction of sp³-hybridized carbons (Fsp3) is 0.111. The third-order valence-electron chi connectivity index (χ3n) is 1.90. The molecule has 2 aromatic rings. The molecular weight excluding hydrogens is 266 g/mol. The van der Waals surface area contributed by atoms with Gasteiger partial charge in [0.2, 0.25) is 0 Å². The van der Waals surface area contributed by atoms with Gasteiger partial charge in [0.25, 0.3) is 0 Å². The Bertz CT molecular complexity index is 450. The average molecular weight is 274 g/mol. The number of rotatable bonds is 1. The van der Waals surface area contributed by atoms with Gasteiger partial charge < -0.3 is 5.73 Å². The van der Waals surface area contributed by atoms with Gasteiger partial charge in [0.1, 0.15) is 0 Å². The van der Waals surface area contributed by atoms with E-state index < -0.39 is 0 Å². The van der Waals surface area contributed by atoms with Gasteiger partial charge >= 0.3 is 0 Å². The van der Waals surface area contributed by atoms with Crippen LogP contribution in [0.1, 0.15) is 0 Å². The van der Waals surface area contributed by atoms with E-state index in [4.69, 9.17) is 5.73 Å². The van der Waals surface area contributed by atoms with E-state index >= 15 is 0 Å². The van der Waals surface area contributed by atoms with Crippen LogP contribution in [-0.4, -0.2) is 6.26 Å². The summed E-state index contributed by atoms with van der Waals surface area (Å²) in [4.78, 5) is 1.20. The highest BCUT2D eigenvalue weighted by atomic mass is 79.9. The van der Waals surface area contributed by atoms with Crippen molar-refractivity contribution in [2.75, 3.05) is 12.0 Å². The first-order chi connectivity index (χ1) is 6.24. The van der Waals surface area contributed by atoms with Crippen LogP contribution in [0.25, 0.3) is 10.1 Å². The van der Waals surface area contributed by atoms with E-state index in [2.05, 4.69) is 39.7 Å². The molecule has 0 spiro atoms. The van der Waals surface area contributed by atoms with E-state index in [1.807, 2.05) is 0 Å². The van der Waals surface area contributed by atoms with Crippen LogP contribution in [0.15, 0.2) is 26.9 Å². The Labute approximate surface area is 93.4 Å². The molecule has 13 heavy (non-hydrogen) atoms. The minimum Gasteiger partial charge on any atom is -0.397 e. The number of hydrogen-bond donors (Lipinski definition) is 1. The fourth-order valence-electron chi connectivity index (χ4n) is 1.24. The van der Waals surface area contributed by atoms with E-state index in [0.717, 1.165) is 10.2 Å². The van der Waals surface area contributed by atoms with E-state index in [1.54, 1.807) is 23.1 Å². The number of anilines is 1. The molecule has 0 aliphatic rings. The third-order valence-corrected chi connectivity index (χ3v) is 4.74. The minimum absolute atomic E-state index is 0.858. The van der Waals surface area contributed by atoms with Gasteiger partial charge in [-0.2, -0.15) is 0 Å². The van der Waals surface area contributed by atoms with Gasteiger partial charge in [0.05, 0.1) is 14.9 Å². The van der Waals surface area contributed by atoms with Gasteiger partial charge in [-0.15, -0.1) is 23.1 Å². The van der Waals surface area contributed by atoms with Crippen LogP contribution in [-0.2, 0) is 0 Å². The summed E-state index contributed by atoms with van der Waals surface area (Å²) < 4.78 is 2.19. The first-order valence-corrected chi connectivity index (χ1v) is 6.63. The van der Waals surface area contributed by atoms with Crippen molar-refractivity contribution < 1.29 is 0 Å². The van der Waals surface area contributed by atoms with Crippen LogP contribution in [0.4, 0.5) is 5.69 Å². The lowest BCUT2D eigenvalue weighted by Crippen LogP contribution is -1.88. The topological polar surface area (TPSA) is 26.0 Å². The molecule has 68 valence electrons. The normalized spacial score (nSPS) is 10.9. The van der Waals surface area contributed by atoms with Crippen LogP contribution in [0, 0.1) is 0 Å². The second kappa shape index (κ2) is 3.52. The van der Waals surface area contributed by atoms with Crippen LogP contribution in [0.2, 0.25) is 0 Å². The molecule has 0 aliphatic heterocycles. The van der Waals surface area contributed by atoms with E-state index in [9.17, 15) is 0 Å². The van der Waals surface area contributed by atoms with Gasteiger partial charge in [-0.1, -0.05) is 0 Å². The van der Waals surface area contributed by atoms with Crippen LogP contribution in [0.3, 0.4) is 0 Å². The maximum atomic E-state index is 5.99. The van der Waals surface area contributed by atoms with Crippen molar-refractivity contribution in [2.24, 2.45) is 0 Å². The number of benzene rings is 1. The molecule has 0 amide bonds. The Morgan fingerprint density at radius 2 is 2.31 bits per heavy atom. The lowest BCUT2D eigenvalue weighted by Gasteiger charge is -2.05. The lowest BCUT2D eigenvalue weighted by atomic mass is 10.2. The Morgan fingerprint density at radius 1 is 1.54 bits per heavy atom. The minimum atomic E-state index is 0.858. The molecule has 1 aromatic heterocycles. The summed E-state index contributed by atoms with van der Waals surface area (Å²) in [5, 5.41) is 3.30.